The first-order valence-corrected chi connectivity index (χ1v) is 9.83. The predicted molar refractivity (Wildman–Crippen MR) is 110 cm³/mol. The molecule has 0 saturated carbocycles. The zero-order valence-electron chi connectivity index (χ0n) is 16.0. The fourth-order valence-corrected chi connectivity index (χ4v) is 3.27. The number of hydrogen-bond acceptors (Lipinski definition) is 4. The van der Waals surface area contributed by atoms with Crippen molar-refractivity contribution in [2.45, 2.75) is 32.7 Å². The van der Waals surface area contributed by atoms with Crippen molar-refractivity contribution in [1.29, 1.82) is 0 Å². The number of nitrogens with one attached hydrogen (secondary N) is 2. The molecule has 0 aliphatic rings. The van der Waals surface area contributed by atoms with Crippen LogP contribution in [0.15, 0.2) is 40.7 Å². The molecular weight excluding hydrogens is 346 g/mol. The van der Waals surface area contributed by atoms with Crippen LogP contribution in [-0.4, -0.2) is 33.3 Å². The lowest BCUT2D eigenvalue weighted by Gasteiger charge is -2.16. The van der Waals surface area contributed by atoms with Crippen molar-refractivity contribution in [2.75, 3.05) is 27.3 Å². The molecule has 1 heterocycles. The highest BCUT2D eigenvalue weighted by Crippen LogP contribution is 2.28. The Morgan fingerprint density at radius 2 is 2.08 bits per heavy atom. The Balaban J connectivity index is 1.87. The van der Waals surface area contributed by atoms with Gasteiger partial charge in [-0.3, -0.25) is 4.99 Å². The van der Waals surface area contributed by atoms with Gasteiger partial charge in [-0.1, -0.05) is 26.0 Å². The minimum Gasteiger partial charge on any atom is -0.493 e. The van der Waals surface area contributed by atoms with Crippen LogP contribution in [0.1, 0.15) is 36.6 Å². The van der Waals surface area contributed by atoms with Crippen LogP contribution in [0.2, 0.25) is 0 Å². The van der Waals surface area contributed by atoms with E-state index >= 15 is 0 Å². The van der Waals surface area contributed by atoms with Gasteiger partial charge in [0.1, 0.15) is 0 Å². The van der Waals surface area contributed by atoms with Gasteiger partial charge < -0.3 is 20.1 Å². The summed E-state index contributed by atoms with van der Waals surface area (Å²) in [7, 11) is 3.45. The van der Waals surface area contributed by atoms with Crippen LogP contribution in [0.5, 0.6) is 11.5 Å². The van der Waals surface area contributed by atoms with E-state index in [-0.39, 0.29) is 0 Å². The molecule has 0 bridgehead atoms. The average Bonchev–Trinajstić information content (AvgIpc) is 3.21. The van der Waals surface area contributed by atoms with Crippen molar-refractivity contribution >= 4 is 17.3 Å². The lowest BCUT2D eigenvalue weighted by molar-refractivity contribution is 0.294. The Labute approximate surface area is 160 Å². The van der Waals surface area contributed by atoms with Gasteiger partial charge in [-0.2, -0.15) is 0 Å². The molecule has 0 fully saturated rings. The first kappa shape index (κ1) is 20.1. The Hall–Kier alpha value is -2.21. The second kappa shape index (κ2) is 10.7. The van der Waals surface area contributed by atoms with Gasteiger partial charge in [0.15, 0.2) is 17.5 Å². The van der Waals surface area contributed by atoms with Crippen LogP contribution in [0.3, 0.4) is 0 Å². The number of nitrogens with zero attached hydrogens (tertiary/aromatic N) is 1. The number of thiophene rings is 1. The third-order valence-electron chi connectivity index (χ3n) is 3.98. The smallest absolute Gasteiger partial charge is 0.191 e. The van der Waals surface area contributed by atoms with E-state index in [1.54, 1.807) is 25.5 Å². The zero-order chi connectivity index (χ0) is 18.8. The lowest BCUT2D eigenvalue weighted by Crippen LogP contribution is -2.38. The minimum absolute atomic E-state index is 0.448. The maximum Gasteiger partial charge on any atom is 0.191 e. The van der Waals surface area contributed by atoms with E-state index in [1.807, 2.05) is 18.2 Å². The highest BCUT2D eigenvalue weighted by molar-refractivity contribution is 7.10. The quantitative estimate of drug-likeness (QED) is 0.513. The first-order chi connectivity index (χ1) is 12.7. The Morgan fingerprint density at radius 3 is 2.73 bits per heavy atom. The predicted octanol–water partition coefficient (Wildman–Crippen LogP) is 4.01. The van der Waals surface area contributed by atoms with Gasteiger partial charge in [0.25, 0.3) is 0 Å². The second-order valence-electron chi connectivity index (χ2n) is 6.06. The number of methoxy groups -OCH3 is 1. The van der Waals surface area contributed by atoms with Gasteiger partial charge in [0.05, 0.1) is 13.7 Å². The van der Waals surface area contributed by atoms with Crippen molar-refractivity contribution in [1.82, 2.24) is 10.6 Å². The molecule has 1 atom stereocenters. The molecule has 0 aliphatic carbocycles. The van der Waals surface area contributed by atoms with Gasteiger partial charge in [0, 0.05) is 30.9 Å². The maximum atomic E-state index is 5.70. The summed E-state index contributed by atoms with van der Waals surface area (Å²) in [6.07, 6.45) is 0.971. The van der Waals surface area contributed by atoms with E-state index in [0.717, 1.165) is 36.0 Å². The van der Waals surface area contributed by atoms with Gasteiger partial charge in [-0.25, -0.2) is 0 Å². The SMILES string of the molecule is CCCOc1ccc(CNC(=NC)NCC(C)c2cccs2)cc1OC. The van der Waals surface area contributed by atoms with E-state index in [9.17, 15) is 0 Å². The third kappa shape index (κ3) is 5.95. The molecule has 26 heavy (non-hydrogen) atoms. The molecule has 0 saturated heterocycles. The molecular formula is C20H29N3O2S. The number of benzene rings is 1. The van der Waals surface area contributed by atoms with E-state index in [2.05, 4.69) is 47.0 Å². The summed E-state index contributed by atoms with van der Waals surface area (Å²) < 4.78 is 11.1. The van der Waals surface area contributed by atoms with Gasteiger partial charge in [-0.15, -0.1) is 11.3 Å². The molecule has 1 aromatic heterocycles. The molecule has 0 aliphatic heterocycles. The maximum absolute atomic E-state index is 5.70. The Morgan fingerprint density at radius 1 is 1.23 bits per heavy atom. The van der Waals surface area contributed by atoms with Crippen LogP contribution in [-0.2, 0) is 6.54 Å². The molecule has 2 aromatic rings. The molecule has 142 valence electrons. The van der Waals surface area contributed by atoms with Crippen molar-refractivity contribution < 1.29 is 9.47 Å². The molecule has 1 aromatic carbocycles. The Kier molecular flexibility index (Phi) is 8.28. The largest absolute Gasteiger partial charge is 0.493 e. The molecule has 0 radical (unpaired) electrons. The van der Waals surface area contributed by atoms with Gasteiger partial charge in [0.2, 0.25) is 0 Å². The number of rotatable bonds is 9. The molecule has 5 nitrogen and oxygen atoms in total. The fraction of sp³-hybridized carbons (Fsp3) is 0.450. The van der Waals surface area contributed by atoms with Crippen LogP contribution in [0.4, 0.5) is 0 Å². The van der Waals surface area contributed by atoms with E-state index in [4.69, 9.17) is 9.47 Å². The zero-order valence-corrected chi connectivity index (χ0v) is 16.9. The summed E-state index contributed by atoms with van der Waals surface area (Å²) in [5.41, 5.74) is 1.11. The summed E-state index contributed by atoms with van der Waals surface area (Å²) >= 11 is 1.79. The summed E-state index contributed by atoms with van der Waals surface area (Å²) in [5, 5.41) is 8.84. The number of ether oxygens (including phenoxy) is 2. The van der Waals surface area contributed by atoms with Crippen molar-refractivity contribution in [3.8, 4) is 11.5 Å². The highest BCUT2D eigenvalue weighted by Gasteiger charge is 2.09. The molecule has 1 unspecified atom stereocenters. The monoisotopic (exact) mass is 375 g/mol. The molecule has 0 spiro atoms. The molecule has 6 heteroatoms. The first-order valence-electron chi connectivity index (χ1n) is 8.95. The summed E-state index contributed by atoms with van der Waals surface area (Å²) in [5.74, 6) is 2.78. The van der Waals surface area contributed by atoms with Gasteiger partial charge >= 0.3 is 0 Å². The van der Waals surface area contributed by atoms with Crippen LogP contribution in [0, 0.1) is 0 Å². The second-order valence-corrected chi connectivity index (χ2v) is 7.04. The number of guanidine groups is 1. The van der Waals surface area contributed by atoms with Crippen molar-refractivity contribution in [3.63, 3.8) is 0 Å². The minimum atomic E-state index is 0.448. The Bertz CT molecular complexity index is 686. The van der Waals surface area contributed by atoms with Crippen LogP contribution in [0.25, 0.3) is 0 Å². The molecule has 2 N–H and O–H groups in total. The van der Waals surface area contributed by atoms with Crippen LogP contribution < -0.4 is 20.1 Å². The summed E-state index contributed by atoms with van der Waals surface area (Å²) in [6, 6.07) is 10.3. The molecule has 0 amide bonds. The average molecular weight is 376 g/mol. The summed E-state index contributed by atoms with van der Waals surface area (Å²) in [6.45, 7) is 6.49. The van der Waals surface area contributed by atoms with Gasteiger partial charge in [-0.05, 0) is 35.6 Å². The molecule has 2 rings (SSSR count). The number of hydrogen-bond donors (Lipinski definition) is 2. The summed E-state index contributed by atoms with van der Waals surface area (Å²) in [4.78, 5) is 5.67. The normalized spacial score (nSPS) is 12.5. The van der Waals surface area contributed by atoms with Crippen molar-refractivity contribution in [3.05, 3.63) is 46.2 Å². The lowest BCUT2D eigenvalue weighted by atomic mass is 10.1. The third-order valence-corrected chi connectivity index (χ3v) is 5.08. The topological polar surface area (TPSA) is 54.9 Å². The highest BCUT2D eigenvalue weighted by atomic mass is 32.1. The van der Waals surface area contributed by atoms with Crippen LogP contribution >= 0.6 is 11.3 Å². The number of aliphatic imine (C=N–C) groups is 1. The fourth-order valence-electron chi connectivity index (χ4n) is 2.48. The van der Waals surface area contributed by atoms with E-state index in [0.29, 0.717) is 19.1 Å². The van der Waals surface area contributed by atoms with Crippen molar-refractivity contribution in [2.24, 2.45) is 4.99 Å². The van der Waals surface area contributed by atoms with E-state index < -0.39 is 0 Å². The standard InChI is InChI=1S/C20H29N3O2S/c1-5-10-25-17-9-8-16(12-18(17)24-4)14-23-20(21-3)22-13-15(2)19-7-6-11-26-19/h6-9,11-12,15H,5,10,13-14H2,1-4H3,(H2,21,22,23). The van der Waals surface area contributed by atoms with E-state index in [1.165, 1.54) is 4.88 Å².